The number of amides is 2. The van der Waals surface area contributed by atoms with E-state index in [1.807, 2.05) is 30.9 Å². The standard InChI is InChI=1S/C17H22N2O2/c1-11(2)17(21)19-8-7-14-9-12(3-6-15(14)19)10-18-16(20)13-4-5-13/h3,6,9,11,13H,4-5,7-8,10H2,1-2H3,(H,18,20). The second-order valence-corrected chi connectivity index (χ2v) is 6.35. The Morgan fingerprint density at radius 3 is 2.76 bits per heavy atom. The summed E-state index contributed by atoms with van der Waals surface area (Å²) in [5, 5.41) is 2.98. The Labute approximate surface area is 125 Å². The van der Waals surface area contributed by atoms with E-state index < -0.39 is 0 Å². The first-order valence-corrected chi connectivity index (χ1v) is 7.77. The van der Waals surface area contributed by atoms with E-state index in [9.17, 15) is 9.59 Å². The van der Waals surface area contributed by atoms with Crippen LogP contribution in [0.2, 0.25) is 0 Å². The van der Waals surface area contributed by atoms with Crippen molar-refractivity contribution in [2.45, 2.75) is 39.7 Å². The van der Waals surface area contributed by atoms with E-state index in [1.165, 1.54) is 5.56 Å². The van der Waals surface area contributed by atoms with E-state index in [0.717, 1.165) is 37.1 Å². The van der Waals surface area contributed by atoms with Gasteiger partial charge < -0.3 is 10.2 Å². The molecule has 1 aromatic carbocycles. The van der Waals surface area contributed by atoms with E-state index >= 15 is 0 Å². The van der Waals surface area contributed by atoms with Crippen LogP contribution in [0, 0.1) is 11.8 Å². The third-order valence-electron chi connectivity index (χ3n) is 4.21. The Hall–Kier alpha value is -1.84. The number of fused-ring (bicyclic) bond motifs is 1. The molecular weight excluding hydrogens is 264 g/mol. The fourth-order valence-corrected chi connectivity index (χ4v) is 2.78. The van der Waals surface area contributed by atoms with Crippen LogP contribution in [0.15, 0.2) is 18.2 Å². The number of nitrogens with zero attached hydrogens (tertiary/aromatic N) is 1. The van der Waals surface area contributed by atoms with Gasteiger partial charge in [-0.3, -0.25) is 9.59 Å². The maximum atomic E-state index is 12.2. The molecule has 4 nitrogen and oxygen atoms in total. The first kappa shape index (κ1) is 14.1. The highest BCUT2D eigenvalue weighted by atomic mass is 16.2. The van der Waals surface area contributed by atoms with Crippen molar-refractivity contribution in [2.75, 3.05) is 11.4 Å². The van der Waals surface area contributed by atoms with Gasteiger partial charge in [-0.05, 0) is 36.5 Å². The number of hydrogen-bond acceptors (Lipinski definition) is 2. The van der Waals surface area contributed by atoms with Crippen LogP contribution in [0.1, 0.15) is 37.8 Å². The molecule has 1 heterocycles. The summed E-state index contributed by atoms with van der Waals surface area (Å²) in [5.74, 6) is 0.627. The fourth-order valence-electron chi connectivity index (χ4n) is 2.78. The van der Waals surface area contributed by atoms with Crippen LogP contribution < -0.4 is 10.2 Å². The van der Waals surface area contributed by atoms with Gasteiger partial charge in [-0.15, -0.1) is 0 Å². The molecule has 0 bridgehead atoms. The van der Waals surface area contributed by atoms with Crippen LogP contribution in [-0.4, -0.2) is 18.4 Å². The van der Waals surface area contributed by atoms with Gasteiger partial charge in [0.05, 0.1) is 0 Å². The average molecular weight is 286 g/mol. The van der Waals surface area contributed by atoms with Gasteiger partial charge in [-0.25, -0.2) is 0 Å². The molecule has 21 heavy (non-hydrogen) atoms. The van der Waals surface area contributed by atoms with E-state index in [0.29, 0.717) is 6.54 Å². The van der Waals surface area contributed by atoms with Crippen LogP contribution in [0.4, 0.5) is 5.69 Å². The second kappa shape index (κ2) is 5.51. The van der Waals surface area contributed by atoms with Crippen molar-refractivity contribution in [3.63, 3.8) is 0 Å². The predicted octanol–water partition coefficient (Wildman–Crippen LogP) is 2.26. The highest BCUT2D eigenvalue weighted by molar-refractivity contribution is 5.96. The zero-order valence-electron chi connectivity index (χ0n) is 12.7. The molecule has 2 amide bonds. The van der Waals surface area contributed by atoms with E-state index in [-0.39, 0.29) is 23.7 Å². The summed E-state index contributed by atoms with van der Waals surface area (Å²) >= 11 is 0. The zero-order valence-corrected chi connectivity index (χ0v) is 12.7. The molecular formula is C17H22N2O2. The van der Waals surface area contributed by atoms with Crippen molar-refractivity contribution >= 4 is 17.5 Å². The normalized spacial score (nSPS) is 17.0. The molecule has 1 N–H and O–H groups in total. The molecule has 0 atom stereocenters. The topological polar surface area (TPSA) is 49.4 Å². The summed E-state index contributed by atoms with van der Waals surface area (Å²) in [7, 11) is 0. The highest BCUT2D eigenvalue weighted by Gasteiger charge is 2.29. The maximum absolute atomic E-state index is 12.2. The zero-order chi connectivity index (χ0) is 15.0. The van der Waals surface area contributed by atoms with E-state index in [1.54, 1.807) is 0 Å². The largest absolute Gasteiger partial charge is 0.352 e. The van der Waals surface area contributed by atoms with Crippen molar-refractivity contribution in [3.8, 4) is 0 Å². The first-order chi connectivity index (χ1) is 10.1. The number of carbonyl (C=O) groups is 2. The average Bonchev–Trinajstić information content (AvgIpc) is 3.24. The van der Waals surface area contributed by atoms with Gasteiger partial charge in [-0.1, -0.05) is 26.0 Å². The first-order valence-electron chi connectivity index (χ1n) is 7.77. The smallest absolute Gasteiger partial charge is 0.229 e. The summed E-state index contributed by atoms with van der Waals surface area (Å²) in [5.41, 5.74) is 3.36. The molecule has 0 spiro atoms. The lowest BCUT2D eigenvalue weighted by Crippen LogP contribution is -2.32. The SMILES string of the molecule is CC(C)C(=O)N1CCc2cc(CNC(=O)C3CC3)ccc21. The van der Waals surface area contributed by atoms with Crippen molar-refractivity contribution in [1.29, 1.82) is 0 Å². The Kier molecular flexibility index (Phi) is 3.70. The minimum absolute atomic E-state index is 0.0217. The maximum Gasteiger partial charge on any atom is 0.229 e. The van der Waals surface area contributed by atoms with Crippen LogP contribution in [0.5, 0.6) is 0 Å². The Bertz CT molecular complexity index is 576. The summed E-state index contributed by atoms with van der Waals surface area (Å²) in [6, 6.07) is 6.15. The van der Waals surface area contributed by atoms with Gasteiger partial charge in [0.15, 0.2) is 0 Å². The molecule has 1 saturated carbocycles. The molecule has 1 aromatic rings. The molecule has 112 valence electrons. The number of hydrogen-bond donors (Lipinski definition) is 1. The van der Waals surface area contributed by atoms with Gasteiger partial charge >= 0.3 is 0 Å². The molecule has 4 heteroatoms. The van der Waals surface area contributed by atoms with Crippen LogP contribution in [0.25, 0.3) is 0 Å². The van der Waals surface area contributed by atoms with Crippen molar-refractivity contribution in [2.24, 2.45) is 11.8 Å². The second-order valence-electron chi connectivity index (χ2n) is 6.35. The Morgan fingerprint density at radius 2 is 2.10 bits per heavy atom. The Morgan fingerprint density at radius 1 is 1.33 bits per heavy atom. The number of benzene rings is 1. The van der Waals surface area contributed by atoms with Crippen LogP contribution in [-0.2, 0) is 22.6 Å². The number of rotatable bonds is 4. The third kappa shape index (κ3) is 2.94. The predicted molar refractivity (Wildman–Crippen MR) is 81.9 cm³/mol. The number of anilines is 1. The molecule has 2 aliphatic rings. The monoisotopic (exact) mass is 286 g/mol. The van der Waals surface area contributed by atoms with Gasteiger partial charge in [0.1, 0.15) is 0 Å². The Balaban J connectivity index is 1.68. The minimum Gasteiger partial charge on any atom is -0.352 e. The van der Waals surface area contributed by atoms with Crippen LogP contribution >= 0.6 is 0 Å². The molecule has 3 rings (SSSR count). The molecule has 0 unspecified atom stereocenters. The lowest BCUT2D eigenvalue weighted by molar-refractivity contribution is -0.122. The summed E-state index contributed by atoms with van der Waals surface area (Å²) < 4.78 is 0. The van der Waals surface area contributed by atoms with Crippen molar-refractivity contribution in [3.05, 3.63) is 29.3 Å². The molecule has 1 aliphatic heterocycles. The molecule has 0 saturated heterocycles. The number of nitrogens with one attached hydrogen (secondary N) is 1. The summed E-state index contributed by atoms with van der Waals surface area (Å²) in [4.78, 5) is 25.7. The summed E-state index contributed by atoms with van der Waals surface area (Å²) in [6.45, 7) is 5.22. The van der Waals surface area contributed by atoms with Crippen molar-refractivity contribution < 1.29 is 9.59 Å². The number of carbonyl (C=O) groups excluding carboxylic acids is 2. The van der Waals surface area contributed by atoms with Gasteiger partial charge in [0.25, 0.3) is 0 Å². The van der Waals surface area contributed by atoms with Crippen molar-refractivity contribution in [1.82, 2.24) is 5.32 Å². The summed E-state index contributed by atoms with van der Waals surface area (Å²) in [6.07, 6.45) is 2.96. The minimum atomic E-state index is 0.0217. The lowest BCUT2D eigenvalue weighted by Gasteiger charge is -2.19. The molecule has 0 radical (unpaired) electrons. The third-order valence-corrected chi connectivity index (χ3v) is 4.21. The van der Waals surface area contributed by atoms with Crippen LogP contribution in [0.3, 0.4) is 0 Å². The fraction of sp³-hybridized carbons (Fsp3) is 0.529. The molecule has 0 aromatic heterocycles. The van der Waals surface area contributed by atoms with Gasteiger partial charge in [0.2, 0.25) is 11.8 Å². The highest BCUT2D eigenvalue weighted by Crippen LogP contribution is 2.31. The lowest BCUT2D eigenvalue weighted by atomic mass is 10.1. The van der Waals surface area contributed by atoms with Gasteiger partial charge in [-0.2, -0.15) is 0 Å². The molecule has 1 aliphatic carbocycles. The van der Waals surface area contributed by atoms with E-state index in [4.69, 9.17) is 0 Å². The van der Waals surface area contributed by atoms with E-state index in [2.05, 4.69) is 11.4 Å². The quantitative estimate of drug-likeness (QED) is 0.923. The van der Waals surface area contributed by atoms with Gasteiger partial charge in [0, 0.05) is 30.6 Å². The molecule has 1 fully saturated rings.